The van der Waals surface area contributed by atoms with E-state index in [1.54, 1.807) is 4.90 Å². The Balaban J connectivity index is 1.45. The lowest BCUT2D eigenvalue weighted by Crippen LogP contribution is -2.49. The second-order valence-electron chi connectivity index (χ2n) is 8.31. The predicted octanol–water partition coefficient (Wildman–Crippen LogP) is 2.10. The van der Waals surface area contributed by atoms with Gasteiger partial charge in [-0.25, -0.2) is 0 Å². The minimum Gasteiger partial charge on any atom is -0.379 e. The van der Waals surface area contributed by atoms with Crippen molar-refractivity contribution >= 4 is 5.91 Å². The van der Waals surface area contributed by atoms with Crippen molar-refractivity contribution in [3.8, 4) is 0 Å². The number of aromatic nitrogens is 1. The summed E-state index contributed by atoms with van der Waals surface area (Å²) in [5, 5.41) is 0. The van der Waals surface area contributed by atoms with Crippen molar-refractivity contribution < 1.29 is 22.7 Å². The summed E-state index contributed by atoms with van der Waals surface area (Å²) in [5.41, 5.74) is -1.37. The van der Waals surface area contributed by atoms with Crippen molar-refractivity contribution in [1.82, 2.24) is 14.4 Å². The van der Waals surface area contributed by atoms with Crippen LogP contribution in [0, 0.1) is 5.92 Å². The van der Waals surface area contributed by atoms with Crippen LogP contribution in [0.3, 0.4) is 0 Å². The monoisotopic (exact) mass is 413 g/mol. The molecule has 1 aromatic heterocycles. The van der Waals surface area contributed by atoms with E-state index in [9.17, 15) is 22.8 Å². The third kappa shape index (κ3) is 4.07. The molecule has 1 saturated heterocycles. The van der Waals surface area contributed by atoms with E-state index in [1.165, 1.54) is 4.57 Å². The van der Waals surface area contributed by atoms with Crippen LogP contribution in [0.25, 0.3) is 0 Å². The highest BCUT2D eigenvalue weighted by atomic mass is 19.4. The minimum absolute atomic E-state index is 0.00970. The molecule has 1 aliphatic carbocycles. The van der Waals surface area contributed by atoms with Crippen molar-refractivity contribution in [1.29, 1.82) is 0 Å². The maximum atomic E-state index is 13.1. The summed E-state index contributed by atoms with van der Waals surface area (Å²) in [4.78, 5) is 29.1. The lowest BCUT2D eigenvalue weighted by atomic mass is 10.0. The molecule has 2 aliphatic heterocycles. The van der Waals surface area contributed by atoms with Gasteiger partial charge in [0.25, 0.3) is 5.56 Å². The van der Waals surface area contributed by atoms with Gasteiger partial charge in [0, 0.05) is 49.4 Å². The summed E-state index contributed by atoms with van der Waals surface area (Å²) < 4.78 is 46.0. The van der Waals surface area contributed by atoms with Crippen molar-refractivity contribution in [2.45, 2.75) is 57.5 Å². The average molecular weight is 413 g/mol. The highest BCUT2D eigenvalue weighted by Gasteiger charge is 2.39. The Labute approximate surface area is 167 Å². The Morgan fingerprint density at radius 2 is 1.97 bits per heavy atom. The number of ether oxygens (including phenoxy) is 1. The first-order valence-corrected chi connectivity index (χ1v) is 10.2. The fourth-order valence-electron chi connectivity index (χ4n) is 4.91. The van der Waals surface area contributed by atoms with E-state index in [2.05, 4.69) is 11.8 Å². The van der Waals surface area contributed by atoms with E-state index >= 15 is 0 Å². The molecular formula is C20H26F3N3O3. The minimum atomic E-state index is -4.57. The molecule has 160 valence electrons. The number of hydrogen-bond acceptors (Lipinski definition) is 4. The maximum Gasteiger partial charge on any atom is 0.416 e. The van der Waals surface area contributed by atoms with Gasteiger partial charge < -0.3 is 14.2 Å². The lowest BCUT2D eigenvalue weighted by molar-refractivity contribution is -0.138. The first-order chi connectivity index (χ1) is 13.7. The fourth-order valence-corrected chi connectivity index (χ4v) is 4.91. The molecule has 29 heavy (non-hydrogen) atoms. The first-order valence-electron chi connectivity index (χ1n) is 10.2. The van der Waals surface area contributed by atoms with Gasteiger partial charge in [0.1, 0.15) is 0 Å². The van der Waals surface area contributed by atoms with E-state index in [1.807, 2.05) is 0 Å². The van der Waals surface area contributed by atoms with E-state index in [0.717, 1.165) is 31.9 Å². The van der Waals surface area contributed by atoms with Crippen LogP contribution in [-0.2, 0) is 28.8 Å². The maximum absolute atomic E-state index is 13.1. The zero-order valence-corrected chi connectivity index (χ0v) is 16.5. The predicted molar refractivity (Wildman–Crippen MR) is 99.2 cm³/mol. The molecule has 0 unspecified atom stereocenters. The van der Waals surface area contributed by atoms with Crippen molar-refractivity contribution in [2.75, 3.05) is 26.3 Å². The van der Waals surface area contributed by atoms with E-state index in [-0.39, 0.29) is 30.6 Å². The number of carbonyl (C=O) groups excluding carboxylic acids is 1. The number of morpholine rings is 1. The number of pyridine rings is 1. The highest BCUT2D eigenvalue weighted by Crippen LogP contribution is 2.34. The van der Waals surface area contributed by atoms with Crippen LogP contribution in [0.15, 0.2) is 16.9 Å². The Morgan fingerprint density at radius 1 is 1.17 bits per heavy atom. The quantitative estimate of drug-likeness (QED) is 0.745. The van der Waals surface area contributed by atoms with Crippen molar-refractivity contribution in [2.24, 2.45) is 5.92 Å². The summed E-state index contributed by atoms with van der Waals surface area (Å²) >= 11 is 0. The normalized spacial score (nSPS) is 28.4. The molecule has 4 rings (SSSR count). The summed E-state index contributed by atoms with van der Waals surface area (Å²) in [6.45, 7) is 5.04. The molecule has 1 amide bonds. The Morgan fingerprint density at radius 3 is 2.69 bits per heavy atom. The topological polar surface area (TPSA) is 54.8 Å². The molecule has 3 atom stereocenters. The van der Waals surface area contributed by atoms with E-state index < -0.39 is 17.3 Å². The molecule has 0 radical (unpaired) electrons. The van der Waals surface area contributed by atoms with E-state index in [0.29, 0.717) is 37.9 Å². The molecule has 6 nitrogen and oxygen atoms in total. The third-order valence-corrected chi connectivity index (χ3v) is 6.44. The molecule has 9 heteroatoms. The summed E-state index contributed by atoms with van der Waals surface area (Å²) in [5.74, 6) is -0.122. The summed E-state index contributed by atoms with van der Waals surface area (Å²) in [6.07, 6.45) is -2.06. The summed E-state index contributed by atoms with van der Waals surface area (Å²) in [7, 11) is 0. The van der Waals surface area contributed by atoms with Crippen LogP contribution in [-0.4, -0.2) is 58.7 Å². The standard InChI is InChI=1S/C20H26F3N3O3/c1-13-12-29-7-6-25(13)16-3-2-14(8-16)19(28)24-4-5-26-17(11-24)9-15(10-18(26)27)20(21,22)23/h9-10,13-14,16H,2-8,11-12H2,1H3/t13-,14+,16-/m1/s1. The lowest BCUT2D eigenvalue weighted by Gasteiger charge is -2.38. The molecule has 0 bridgehead atoms. The number of amides is 1. The first kappa shape index (κ1) is 20.4. The van der Waals surface area contributed by atoms with Crippen LogP contribution in [0.5, 0.6) is 0 Å². The number of hydrogen-bond donors (Lipinski definition) is 0. The Kier molecular flexibility index (Phi) is 5.46. The molecule has 0 spiro atoms. The number of halogens is 3. The SMILES string of the molecule is C[C@@H]1COCCN1[C@@H]1CC[C@H](C(=O)N2CCn3c(cc(C(F)(F)F)cc3=O)C2)C1. The zero-order chi connectivity index (χ0) is 20.8. The zero-order valence-electron chi connectivity index (χ0n) is 16.5. The molecular weight excluding hydrogens is 387 g/mol. The number of alkyl halides is 3. The molecule has 1 aromatic rings. The number of nitrogens with zero attached hydrogens (tertiary/aromatic N) is 3. The Hall–Kier alpha value is -1.87. The number of carbonyl (C=O) groups is 1. The molecule has 1 saturated carbocycles. The second kappa shape index (κ2) is 7.75. The van der Waals surface area contributed by atoms with Crippen LogP contribution in [0.1, 0.15) is 37.4 Å². The van der Waals surface area contributed by atoms with Gasteiger partial charge in [-0.15, -0.1) is 0 Å². The fraction of sp³-hybridized carbons (Fsp3) is 0.700. The van der Waals surface area contributed by atoms with Crippen molar-refractivity contribution in [3.05, 3.63) is 33.7 Å². The highest BCUT2D eigenvalue weighted by molar-refractivity contribution is 5.79. The molecule has 0 aromatic carbocycles. The molecule has 3 heterocycles. The van der Waals surface area contributed by atoms with Gasteiger partial charge in [0.2, 0.25) is 5.91 Å². The van der Waals surface area contributed by atoms with Crippen LogP contribution in [0.4, 0.5) is 13.2 Å². The molecule has 0 N–H and O–H groups in total. The van der Waals surface area contributed by atoms with Gasteiger partial charge in [0.15, 0.2) is 0 Å². The van der Waals surface area contributed by atoms with Gasteiger partial charge in [-0.1, -0.05) is 0 Å². The average Bonchev–Trinajstić information content (AvgIpc) is 3.16. The van der Waals surface area contributed by atoms with Gasteiger partial charge >= 0.3 is 6.18 Å². The van der Waals surface area contributed by atoms with Gasteiger partial charge in [-0.2, -0.15) is 13.2 Å². The van der Waals surface area contributed by atoms with Crippen LogP contribution in [0.2, 0.25) is 0 Å². The molecule has 2 fully saturated rings. The van der Waals surface area contributed by atoms with E-state index in [4.69, 9.17) is 4.74 Å². The number of fused-ring (bicyclic) bond motifs is 1. The van der Waals surface area contributed by atoms with Gasteiger partial charge in [-0.05, 0) is 32.3 Å². The van der Waals surface area contributed by atoms with Crippen molar-refractivity contribution in [3.63, 3.8) is 0 Å². The Bertz CT molecular complexity index is 838. The van der Waals surface area contributed by atoms with Gasteiger partial charge in [0.05, 0.1) is 25.3 Å². The van der Waals surface area contributed by atoms with Gasteiger partial charge in [-0.3, -0.25) is 14.5 Å². The van der Waals surface area contributed by atoms with Crippen LogP contribution >= 0.6 is 0 Å². The van der Waals surface area contributed by atoms with Crippen LogP contribution < -0.4 is 5.56 Å². The smallest absolute Gasteiger partial charge is 0.379 e. The third-order valence-electron chi connectivity index (χ3n) is 6.44. The molecule has 3 aliphatic rings. The number of rotatable bonds is 2. The summed E-state index contributed by atoms with van der Waals surface area (Å²) in [6, 6.07) is 2.30. The largest absolute Gasteiger partial charge is 0.416 e. The second-order valence-corrected chi connectivity index (χ2v) is 8.31.